The molecule has 130 valence electrons. The molecule has 0 saturated carbocycles. The van der Waals surface area contributed by atoms with Crippen LogP contribution in [0.5, 0.6) is 5.75 Å². The Morgan fingerprint density at radius 3 is 2.44 bits per heavy atom. The summed E-state index contributed by atoms with van der Waals surface area (Å²) >= 11 is 0. The summed E-state index contributed by atoms with van der Waals surface area (Å²) in [7, 11) is 2.17. The molecule has 5 nitrogen and oxygen atoms in total. The van der Waals surface area contributed by atoms with E-state index < -0.39 is 0 Å². The first-order valence-corrected chi connectivity index (χ1v) is 8.88. The molecule has 0 atom stereocenters. The van der Waals surface area contributed by atoms with Crippen molar-refractivity contribution < 1.29 is 4.74 Å². The van der Waals surface area contributed by atoms with Crippen molar-refractivity contribution in [2.75, 3.05) is 44.7 Å². The van der Waals surface area contributed by atoms with Gasteiger partial charge in [0.2, 0.25) is 5.95 Å². The van der Waals surface area contributed by atoms with E-state index in [2.05, 4.69) is 39.6 Å². The first kappa shape index (κ1) is 16.0. The van der Waals surface area contributed by atoms with Crippen LogP contribution in [0.1, 0.15) is 0 Å². The first-order chi connectivity index (χ1) is 12.3. The van der Waals surface area contributed by atoms with E-state index in [0.717, 1.165) is 49.9 Å². The highest BCUT2D eigenvalue weighted by molar-refractivity contribution is 5.78. The maximum absolute atomic E-state index is 5.91. The van der Waals surface area contributed by atoms with Gasteiger partial charge in [0.25, 0.3) is 0 Å². The summed E-state index contributed by atoms with van der Waals surface area (Å²) in [6.07, 6.45) is 0. The quantitative estimate of drug-likeness (QED) is 0.717. The minimum absolute atomic E-state index is 0.630. The van der Waals surface area contributed by atoms with E-state index in [9.17, 15) is 0 Å². The predicted molar refractivity (Wildman–Crippen MR) is 101 cm³/mol. The topological polar surface area (TPSA) is 33.5 Å². The highest BCUT2D eigenvalue weighted by Crippen LogP contribution is 2.23. The monoisotopic (exact) mass is 336 g/mol. The standard InChI is InChI=1S/C20H24N4O/c1-22-11-13-23(14-12-22)20-21-18-9-5-6-10-19(18)24(20)15-16-25-17-7-3-2-4-8-17/h2-10H,11-16H2,1H3. The van der Waals surface area contributed by atoms with Crippen LogP contribution in [0.2, 0.25) is 0 Å². The summed E-state index contributed by atoms with van der Waals surface area (Å²) in [4.78, 5) is 9.66. The van der Waals surface area contributed by atoms with Gasteiger partial charge in [-0.15, -0.1) is 0 Å². The molecule has 2 heterocycles. The summed E-state index contributed by atoms with van der Waals surface area (Å²) in [5, 5.41) is 0. The molecule has 0 N–H and O–H groups in total. The zero-order chi connectivity index (χ0) is 17.1. The van der Waals surface area contributed by atoms with Gasteiger partial charge in [-0.2, -0.15) is 0 Å². The summed E-state index contributed by atoms with van der Waals surface area (Å²) in [5.41, 5.74) is 2.23. The van der Waals surface area contributed by atoms with Gasteiger partial charge in [0.05, 0.1) is 17.6 Å². The number of likely N-dealkylation sites (N-methyl/N-ethyl adjacent to an activating group) is 1. The lowest BCUT2D eigenvalue weighted by molar-refractivity contribution is 0.294. The number of nitrogens with zero attached hydrogens (tertiary/aromatic N) is 4. The van der Waals surface area contributed by atoms with E-state index in [1.54, 1.807) is 0 Å². The van der Waals surface area contributed by atoms with Gasteiger partial charge in [-0.05, 0) is 31.3 Å². The van der Waals surface area contributed by atoms with Crippen molar-refractivity contribution in [2.45, 2.75) is 6.54 Å². The number of rotatable bonds is 5. The average molecular weight is 336 g/mol. The molecule has 1 aliphatic heterocycles. The normalized spacial score (nSPS) is 15.6. The van der Waals surface area contributed by atoms with Gasteiger partial charge in [-0.3, -0.25) is 0 Å². The second-order valence-corrected chi connectivity index (χ2v) is 6.50. The van der Waals surface area contributed by atoms with Crippen molar-refractivity contribution in [1.82, 2.24) is 14.5 Å². The number of ether oxygens (including phenoxy) is 1. The zero-order valence-electron chi connectivity index (χ0n) is 14.6. The third kappa shape index (κ3) is 3.46. The maximum Gasteiger partial charge on any atom is 0.206 e. The molecule has 0 spiro atoms. The third-order valence-electron chi connectivity index (χ3n) is 4.75. The van der Waals surface area contributed by atoms with E-state index in [0.29, 0.717) is 6.61 Å². The molecule has 0 radical (unpaired) electrons. The molecule has 1 aliphatic rings. The summed E-state index contributed by atoms with van der Waals surface area (Å²) in [5.74, 6) is 1.97. The molecule has 0 aliphatic carbocycles. The Morgan fingerprint density at radius 2 is 1.64 bits per heavy atom. The zero-order valence-corrected chi connectivity index (χ0v) is 14.6. The summed E-state index contributed by atoms with van der Waals surface area (Å²) < 4.78 is 8.21. The Hall–Kier alpha value is -2.53. The number of anilines is 1. The molecule has 1 fully saturated rings. The van der Waals surface area contributed by atoms with Crippen LogP contribution >= 0.6 is 0 Å². The van der Waals surface area contributed by atoms with Gasteiger partial charge < -0.3 is 19.1 Å². The smallest absolute Gasteiger partial charge is 0.206 e. The Balaban J connectivity index is 1.56. The van der Waals surface area contributed by atoms with E-state index >= 15 is 0 Å². The highest BCUT2D eigenvalue weighted by atomic mass is 16.5. The molecule has 0 bridgehead atoms. The number of hydrogen-bond acceptors (Lipinski definition) is 4. The molecule has 2 aromatic carbocycles. The van der Waals surface area contributed by atoms with Crippen LogP contribution in [0.3, 0.4) is 0 Å². The Morgan fingerprint density at radius 1 is 0.920 bits per heavy atom. The first-order valence-electron chi connectivity index (χ1n) is 8.88. The van der Waals surface area contributed by atoms with Gasteiger partial charge in [-0.25, -0.2) is 4.98 Å². The van der Waals surface area contributed by atoms with E-state index in [4.69, 9.17) is 9.72 Å². The number of para-hydroxylation sites is 3. The van der Waals surface area contributed by atoms with E-state index in [1.807, 2.05) is 36.4 Å². The maximum atomic E-state index is 5.91. The molecule has 25 heavy (non-hydrogen) atoms. The molecular formula is C20H24N4O. The number of piperazine rings is 1. The average Bonchev–Trinajstić information content (AvgIpc) is 3.02. The van der Waals surface area contributed by atoms with Gasteiger partial charge in [0.15, 0.2) is 0 Å². The molecule has 0 amide bonds. The summed E-state index contributed by atoms with van der Waals surface area (Å²) in [6.45, 7) is 5.59. The second kappa shape index (κ2) is 7.15. The molecule has 3 aromatic rings. The molecule has 4 rings (SSSR count). The molecular weight excluding hydrogens is 312 g/mol. The number of benzene rings is 2. The Labute approximate surface area is 148 Å². The number of aromatic nitrogens is 2. The van der Waals surface area contributed by atoms with E-state index in [1.165, 1.54) is 5.52 Å². The van der Waals surface area contributed by atoms with Crippen molar-refractivity contribution in [3.8, 4) is 5.75 Å². The SMILES string of the molecule is CN1CCN(c2nc3ccccc3n2CCOc2ccccc2)CC1. The fraction of sp³-hybridized carbons (Fsp3) is 0.350. The Kier molecular flexibility index (Phi) is 4.57. The lowest BCUT2D eigenvalue weighted by Gasteiger charge is -2.33. The van der Waals surface area contributed by atoms with Crippen molar-refractivity contribution >= 4 is 17.0 Å². The fourth-order valence-electron chi connectivity index (χ4n) is 3.30. The number of hydrogen-bond donors (Lipinski definition) is 0. The number of imidazole rings is 1. The van der Waals surface area contributed by atoms with Crippen LogP contribution in [-0.2, 0) is 6.54 Å². The van der Waals surface area contributed by atoms with Crippen molar-refractivity contribution in [3.63, 3.8) is 0 Å². The van der Waals surface area contributed by atoms with Crippen LogP contribution < -0.4 is 9.64 Å². The van der Waals surface area contributed by atoms with Gasteiger partial charge in [-0.1, -0.05) is 30.3 Å². The second-order valence-electron chi connectivity index (χ2n) is 6.50. The minimum Gasteiger partial charge on any atom is -0.492 e. The van der Waals surface area contributed by atoms with Crippen LogP contribution in [0.25, 0.3) is 11.0 Å². The fourth-order valence-corrected chi connectivity index (χ4v) is 3.30. The van der Waals surface area contributed by atoms with Crippen molar-refractivity contribution in [2.24, 2.45) is 0 Å². The Bertz CT molecular complexity index is 822. The van der Waals surface area contributed by atoms with Crippen LogP contribution in [0.15, 0.2) is 54.6 Å². The van der Waals surface area contributed by atoms with Gasteiger partial charge >= 0.3 is 0 Å². The molecule has 0 unspecified atom stereocenters. The molecule has 1 aromatic heterocycles. The summed E-state index contributed by atoms with van der Waals surface area (Å²) in [6, 6.07) is 18.3. The minimum atomic E-state index is 0.630. The third-order valence-corrected chi connectivity index (χ3v) is 4.75. The highest BCUT2D eigenvalue weighted by Gasteiger charge is 2.20. The van der Waals surface area contributed by atoms with Crippen LogP contribution in [-0.4, -0.2) is 54.3 Å². The van der Waals surface area contributed by atoms with Crippen LogP contribution in [0, 0.1) is 0 Å². The van der Waals surface area contributed by atoms with Gasteiger partial charge in [0, 0.05) is 26.2 Å². The van der Waals surface area contributed by atoms with Crippen LogP contribution in [0.4, 0.5) is 5.95 Å². The van der Waals surface area contributed by atoms with Gasteiger partial charge in [0.1, 0.15) is 12.4 Å². The van der Waals surface area contributed by atoms with Crippen molar-refractivity contribution in [1.29, 1.82) is 0 Å². The van der Waals surface area contributed by atoms with Crippen molar-refractivity contribution in [3.05, 3.63) is 54.6 Å². The van der Waals surface area contributed by atoms with E-state index in [-0.39, 0.29) is 0 Å². The molecule has 5 heteroatoms. The number of fused-ring (bicyclic) bond motifs is 1. The lowest BCUT2D eigenvalue weighted by Crippen LogP contribution is -2.45. The lowest BCUT2D eigenvalue weighted by atomic mass is 10.3. The molecule has 1 saturated heterocycles. The largest absolute Gasteiger partial charge is 0.492 e. The predicted octanol–water partition coefficient (Wildman–Crippen LogP) is 2.87.